The Labute approximate surface area is 195 Å². The van der Waals surface area contributed by atoms with Gasteiger partial charge in [-0.05, 0) is 37.5 Å². The minimum atomic E-state index is -0.883. The average molecular weight is 458 g/mol. The third-order valence-electron chi connectivity index (χ3n) is 6.02. The highest BCUT2D eigenvalue weighted by molar-refractivity contribution is 5.88. The monoisotopic (exact) mass is 458 g/mol. The topological polar surface area (TPSA) is 115 Å². The molecule has 1 aliphatic carbocycles. The van der Waals surface area contributed by atoms with Crippen LogP contribution >= 0.6 is 0 Å². The van der Waals surface area contributed by atoms with Gasteiger partial charge in [-0.25, -0.2) is 9.78 Å². The number of carbonyl (C=O) groups is 2. The minimum absolute atomic E-state index is 0.176. The first-order valence-electron chi connectivity index (χ1n) is 10.9. The molecule has 2 aromatic carbocycles. The molecule has 1 saturated carbocycles. The van der Waals surface area contributed by atoms with Crippen LogP contribution in [0.3, 0.4) is 0 Å². The Balaban J connectivity index is 1.28. The first kappa shape index (κ1) is 21.5. The molecule has 1 atom stereocenters. The van der Waals surface area contributed by atoms with Gasteiger partial charge in [-0.1, -0.05) is 54.6 Å². The Kier molecular flexibility index (Phi) is 5.41. The number of rotatable bonds is 7. The van der Waals surface area contributed by atoms with Crippen molar-refractivity contribution in [2.45, 2.75) is 31.3 Å². The van der Waals surface area contributed by atoms with Crippen molar-refractivity contribution in [2.24, 2.45) is 0 Å². The Bertz CT molecular complexity index is 1320. The summed E-state index contributed by atoms with van der Waals surface area (Å²) >= 11 is 0. The average Bonchev–Trinajstić information content (AvgIpc) is 3.29. The minimum Gasteiger partial charge on any atom is -0.480 e. The fraction of sp³-hybridized carbons (Fsp3) is 0.192. The van der Waals surface area contributed by atoms with Crippen LogP contribution < -0.4 is 5.32 Å². The smallest absolute Gasteiger partial charge is 0.414 e. The van der Waals surface area contributed by atoms with Gasteiger partial charge < -0.3 is 18.7 Å². The number of carboxylic acids is 1. The Morgan fingerprint density at radius 2 is 1.74 bits per heavy atom. The summed E-state index contributed by atoms with van der Waals surface area (Å²) in [5.74, 6) is 0.387. The van der Waals surface area contributed by atoms with E-state index in [-0.39, 0.29) is 5.88 Å². The van der Waals surface area contributed by atoms with Crippen LogP contribution in [0.15, 0.2) is 82.0 Å². The Morgan fingerprint density at radius 1 is 1.03 bits per heavy atom. The fourth-order valence-electron chi connectivity index (χ4n) is 3.85. The zero-order valence-corrected chi connectivity index (χ0v) is 18.4. The molecule has 0 spiro atoms. The van der Waals surface area contributed by atoms with E-state index in [0.717, 1.165) is 16.7 Å². The van der Waals surface area contributed by atoms with Crippen molar-refractivity contribution in [1.29, 1.82) is 0 Å². The molecule has 1 amide bonds. The second-order valence-corrected chi connectivity index (χ2v) is 8.24. The third-order valence-corrected chi connectivity index (χ3v) is 6.02. The summed E-state index contributed by atoms with van der Waals surface area (Å²) in [6.07, 6.45) is 1.34. The normalized spacial score (nSPS) is 14.9. The molecule has 2 heterocycles. The highest BCUT2D eigenvalue weighted by Gasteiger charge is 2.54. The molecular weight excluding hydrogens is 436 g/mol. The van der Waals surface area contributed by atoms with Crippen LogP contribution in [-0.2, 0) is 14.9 Å². The van der Waals surface area contributed by atoms with E-state index in [9.17, 15) is 14.7 Å². The van der Waals surface area contributed by atoms with Gasteiger partial charge in [0.1, 0.15) is 28.7 Å². The molecule has 1 aliphatic rings. The van der Waals surface area contributed by atoms with E-state index in [4.69, 9.17) is 13.6 Å². The number of nitrogens with zero attached hydrogens (tertiary/aromatic N) is 1. The van der Waals surface area contributed by atoms with Crippen LogP contribution in [0.1, 0.15) is 37.2 Å². The van der Waals surface area contributed by atoms with Crippen LogP contribution in [0.5, 0.6) is 0 Å². The van der Waals surface area contributed by atoms with Gasteiger partial charge in [-0.15, -0.1) is 0 Å². The first-order chi connectivity index (χ1) is 16.5. The maximum Gasteiger partial charge on any atom is 0.414 e. The number of anilines is 1. The molecule has 2 N–H and O–H groups in total. The van der Waals surface area contributed by atoms with E-state index in [1.165, 1.54) is 6.39 Å². The van der Waals surface area contributed by atoms with Gasteiger partial charge in [0.2, 0.25) is 5.88 Å². The Hall–Kier alpha value is -4.33. The predicted molar refractivity (Wildman–Crippen MR) is 123 cm³/mol. The fourth-order valence-corrected chi connectivity index (χ4v) is 3.85. The number of aromatic nitrogens is 1. The highest BCUT2D eigenvalue weighted by atomic mass is 16.6. The molecule has 0 bridgehead atoms. The lowest BCUT2D eigenvalue weighted by Gasteiger charge is -2.13. The number of benzene rings is 2. The largest absolute Gasteiger partial charge is 0.480 e. The quantitative estimate of drug-likeness (QED) is 0.347. The number of hydrogen-bond donors (Lipinski definition) is 2. The van der Waals surface area contributed by atoms with E-state index in [2.05, 4.69) is 10.3 Å². The molecule has 5 rings (SSSR count). The van der Waals surface area contributed by atoms with Crippen molar-refractivity contribution in [3.05, 3.63) is 84.4 Å². The molecule has 34 heavy (non-hydrogen) atoms. The van der Waals surface area contributed by atoms with Gasteiger partial charge in [0.25, 0.3) is 0 Å². The van der Waals surface area contributed by atoms with E-state index in [1.54, 1.807) is 19.1 Å². The molecule has 1 fully saturated rings. The summed E-state index contributed by atoms with van der Waals surface area (Å²) < 4.78 is 16.7. The lowest BCUT2D eigenvalue weighted by Crippen LogP contribution is -2.18. The van der Waals surface area contributed by atoms with Crippen molar-refractivity contribution in [2.75, 3.05) is 5.32 Å². The number of hydrogen-bond acceptors (Lipinski definition) is 6. The van der Waals surface area contributed by atoms with Gasteiger partial charge in [0, 0.05) is 11.1 Å². The van der Waals surface area contributed by atoms with E-state index < -0.39 is 23.6 Å². The molecule has 8 nitrogen and oxygen atoms in total. The maximum atomic E-state index is 12.4. The van der Waals surface area contributed by atoms with Gasteiger partial charge >= 0.3 is 12.1 Å². The summed E-state index contributed by atoms with van der Waals surface area (Å²) in [5.41, 5.74) is 1.97. The molecule has 4 aromatic rings. The number of furan rings is 1. The third kappa shape index (κ3) is 4.05. The molecule has 0 aliphatic heterocycles. The number of carboxylic acid groups (broad SMARTS) is 1. The van der Waals surface area contributed by atoms with Crippen molar-refractivity contribution < 1.29 is 28.3 Å². The van der Waals surface area contributed by atoms with Crippen molar-refractivity contribution in [3.63, 3.8) is 0 Å². The number of aliphatic carboxylic acids is 1. The van der Waals surface area contributed by atoms with Crippen LogP contribution in [-0.4, -0.2) is 22.2 Å². The Morgan fingerprint density at radius 3 is 2.41 bits per heavy atom. The molecule has 2 aromatic heterocycles. The summed E-state index contributed by atoms with van der Waals surface area (Å²) in [7, 11) is 0. The van der Waals surface area contributed by atoms with Crippen LogP contribution in [0.2, 0.25) is 0 Å². The highest BCUT2D eigenvalue weighted by Crippen LogP contribution is 2.49. The number of amides is 1. The maximum absolute atomic E-state index is 12.4. The molecule has 0 saturated heterocycles. The lowest BCUT2D eigenvalue weighted by atomic mass is 10.1. The predicted octanol–water partition coefficient (Wildman–Crippen LogP) is 6.03. The molecule has 8 heteroatoms. The number of nitrogens with one attached hydrogen (secondary N) is 1. The number of oxazole rings is 1. The summed E-state index contributed by atoms with van der Waals surface area (Å²) in [6, 6.07) is 20.3. The van der Waals surface area contributed by atoms with Gasteiger partial charge in [0.05, 0.1) is 0 Å². The summed E-state index contributed by atoms with van der Waals surface area (Å²) in [4.78, 5) is 28.1. The van der Waals surface area contributed by atoms with E-state index in [1.807, 2.05) is 54.6 Å². The van der Waals surface area contributed by atoms with Crippen molar-refractivity contribution in [1.82, 2.24) is 4.98 Å². The SMILES string of the molecule is CC(OC(=O)Nc1ocnc1-c1ccc(-c2ccc(C3(C(=O)O)CC3)o2)cc1)c1ccccc1. The van der Waals surface area contributed by atoms with Crippen LogP contribution in [0.4, 0.5) is 10.7 Å². The van der Waals surface area contributed by atoms with Gasteiger partial charge in [-0.2, -0.15) is 0 Å². The second-order valence-electron chi connectivity index (χ2n) is 8.24. The zero-order chi connectivity index (χ0) is 23.7. The van der Waals surface area contributed by atoms with Crippen molar-refractivity contribution >= 4 is 17.9 Å². The summed E-state index contributed by atoms with van der Waals surface area (Å²) in [5, 5.41) is 12.1. The first-order valence-corrected chi connectivity index (χ1v) is 10.9. The standard InChI is InChI=1S/C26H22N2O6/c1-16(17-5-3-2-4-6-17)33-25(31)28-23-22(27-15-32-23)19-9-7-18(8-10-19)20-11-12-21(34-20)26(13-14-26)24(29)30/h2-12,15-16H,13-14H2,1H3,(H,28,31)(H,29,30). The van der Waals surface area contributed by atoms with Gasteiger partial charge in [0.15, 0.2) is 6.39 Å². The zero-order valence-electron chi connectivity index (χ0n) is 18.4. The van der Waals surface area contributed by atoms with Gasteiger partial charge in [-0.3, -0.25) is 10.1 Å². The molecular formula is C26H22N2O6. The molecule has 172 valence electrons. The van der Waals surface area contributed by atoms with E-state index >= 15 is 0 Å². The summed E-state index contributed by atoms with van der Waals surface area (Å²) in [6.45, 7) is 1.79. The molecule has 1 unspecified atom stereocenters. The lowest BCUT2D eigenvalue weighted by molar-refractivity contribution is -0.140. The van der Waals surface area contributed by atoms with E-state index in [0.29, 0.717) is 30.1 Å². The number of ether oxygens (including phenoxy) is 1. The van der Waals surface area contributed by atoms with Crippen molar-refractivity contribution in [3.8, 4) is 22.6 Å². The molecule has 0 radical (unpaired) electrons. The van der Waals surface area contributed by atoms with Crippen LogP contribution in [0, 0.1) is 0 Å². The number of carbonyl (C=O) groups excluding carboxylic acids is 1. The second kappa shape index (κ2) is 8.55. The van der Waals surface area contributed by atoms with Crippen LogP contribution in [0.25, 0.3) is 22.6 Å².